The van der Waals surface area contributed by atoms with Crippen molar-refractivity contribution in [1.82, 2.24) is 15.1 Å². The highest BCUT2D eigenvalue weighted by molar-refractivity contribution is 5.88. The minimum atomic E-state index is -1.12. The summed E-state index contributed by atoms with van der Waals surface area (Å²) in [5, 5.41) is 11.5. The molecule has 1 unspecified atom stereocenters. The second kappa shape index (κ2) is 8.25. The Bertz CT molecular complexity index is 413. The summed E-state index contributed by atoms with van der Waals surface area (Å²) in [6, 6.07) is -1.25. The number of hydrogen-bond acceptors (Lipinski definition) is 4. The van der Waals surface area contributed by atoms with Crippen LogP contribution in [0.3, 0.4) is 0 Å². The van der Waals surface area contributed by atoms with Gasteiger partial charge in [0.15, 0.2) is 0 Å². The van der Waals surface area contributed by atoms with E-state index in [0.29, 0.717) is 13.2 Å². The van der Waals surface area contributed by atoms with Gasteiger partial charge in [-0.2, -0.15) is 0 Å². The van der Waals surface area contributed by atoms with Gasteiger partial charge in [-0.1, -0.05) is 6.08 Å². The molecule has 8 nitrogen and oxygen atoms in total. The van der Waals surface area contributed by atoms with Gasteiger partial charge in [-0.25, -0.2) is 4.79 Å². The normalized spacial score (nSPS) is 18.0. The van der Waals surface area contributed by atoms with Gasteiger partial charge in [0.05, 0.1) is 13.2 Å². The first-order valence-electron chi connectivity index (χ1n) is 6.75. The predicted octanol–water partition coefficient (Wildman–Crippen LogP) is -0.484. The van der Waals surface area contributed by atoms with Gasteiger partial charge in [0.2, 0.25) is 5.91 Å². The van der Waals surface area contributed by atoms with Crippen LogP contribution in [0.15, 0.2) is 12.7 Å². The number of carboxylic acid groups (broad SMARTS) is 1. The van der Waals surface area contributed by atoms with Gasteiger partial charge < -0.3 is 25.0 Å². The number of morpholine rings is 1. The fraction of sp³-hybridized carbons (Fsp3) is 0.615. The van der Waals surface area contributed by atoms with Crippen molar-refractivity contribution in [3.05, 3.63) is 12.7 Å². The molecule has 1 aliphatic heterocycles. The van der Waals surface area contributed by atoms with E-state index in [1.54, 1.807) is 6.92 Å². The Morgan fingerprint density at radius 1 is 1.52 bits per heavy atom. The van der Waals surface area contributed by atoms with Crippen LogP contribution in [0.1, 0.15) is 6.92 Å². The first kappa shape index (κ1) is 17.0. The number of carbonyl (C=O) groups excluding carboxylic acids is 2. The average Bonchev–Trinajstić information content (AvgIpc) is 2.46. The third-order valence-corrected chi connectivity index (χ3v) is 2.97. The summed E-state index contributed by atoms with van der Waals surface area (Å²) >= 11 is 0. The minimum Gasteiger partial charge on any atom is -0.480 e. The van der Waals surface area contributed by atoms with E-state index in [1.165, 1.54) is 11.0 Å². The lowest BCUT2D eigenvalue weighted by molar-refractivity contribution is -0.137. The highest BCUT2D eigenvalue weighted by atomic mass is 16.5. The summed E-state index contributed by atoms with van der Waals surface area (Å²) in [5.74, 6) is -1.42. The minimum absolute atomic E-state index is 0.102. The summed E-state index contributed by atoms with van der Waals surface area (Å²) in [7, 11) is 0. The van der Waals surface area contributed by atoms with Crippen LogP contribution >= 0.6 is 0 Å². The molecule has 0 bridgehead atoms. The molecule has 0 aromatic rings. The number of hydrogen-bond donors (Lipinski definition) is 2. The molecule has 2 N–H and O–H groups in total. The molecule has 1 fully saturated rings. The maximum absolute atomic E-state index is 12.4. The van der Waals surface area contributed by atoms with Gasteiger partial charge in [-0.3, -0.25) is 9.59 Å². The Labute approximate surface area is 123 Å². The van der Waals surface area contributed by atoms with Crippen molar-refractivity contribution in [3.8, 4) is 0 Å². The first-order valence-corrected chi connectivity index (χ1v) is 6.75. The standard InChI is InChI=1S/C13H21N3O5/c1-3-5-15(8-11(17)18)13(20)16-6-7-21-9-10(16)12(19)14-4-2/h3,10H,1,4-9H2,2H3,(H,14,19)(H,17,18). The van der Waals surface area contributed by atoms with Gasteiger partial charge in [0.25, 0.3) is 0 Å². The SMILES string of the molecule is C=CCN(CC(=O)O)C(=O)N1CCOCC1C(=O)NCC. The quantitative estimate of drug-likeness (QED) is 0.645. The number of nitrogens with one attached hydrogen (secondary N) is 1. The van der Waals surface area contributed by atoms with E-state index >= 15 is 0 Å². The number of carbonyl (C=O) groups is 3. The van der Waals surface area contributed by atoms with E-state index in [4.69, 9.17) is 9.84 Å². The zero-order valence-corrected chi connectivity index (χ0v) is 12.1. The van der Waals surface area contributed by atoms with Crippen molar-refractivity contribution in [1.29, 1.82) is 0 Å². The summed E-state index contributed by atoms with van der Waals surface area (Å²) in [6.45, 7) is 6.06. The van der Waals surface area contributed by atoms with Crippen molar-refractivity contribution in [2.75, 3.05) is 39.4 Å². The van der Waals surface area contributed by atoms with Gasteiger partial charge >= 0.3 is 12.0 Å². The number of aliphatic carboxylic acids is 1. The van der Waals surface area contributed by atoms with Gasteiger partial charge in [-0.15, -0.1) is 6.58 Å². The monoisotopic (exact) mass is 299 g/mol. The third kappa shape index (κ3) is 4.75. The lowest BCUT2D eigenvalue weighted by Crippen LogP contribution is -2.59. The van der Waals surface area contributed by atoms with Gasteiger partial charge in [-0.05, 0) is 6.92 Å². The summed E-state index contributed by atoms with van der Waals surface area (Å²) in [6.07, 6.45) is 1.45. The van der Waals surface area contributed by atoms with Crippen molar-refractivity contribution < 1.29 is 24.2 Å². The second-order valence-corrected chi connectivity index (χ2v) is 4.52. The van der Waals surface area contributed by atoms with Crippen molar-refractivity contribution in [2.24, 2.45) is 0 Å². The van der Waals surface area contributed by atoms with Crippen LogP contribution in [0.4, 0.5) is 4.79 Å². The molecule has 118 valence electrons. The molecular formula is C13H21N3O5. The Morgan fingerprint density at radius 2 is 2.24 bits per heavy atom. The molecule has 21 heavy (non-hydrogen) atoms. The highest BCUT2D eigenvalue weighted by Crippen LogP contribution is 2.11. The molecule has 0 spiro atoms. The Hall–Kier alpha value is -2.09. The molecule has 1 heterocycles. The topological polar surface area (TPSA) is 99.2 Å². The smallest absolute Gasteiger partial charge is 0.323 e. The molecule has 0 radical (unpaired) electrons. The van der Waals surface area contributed by atoms with Crippen molar-refractivity contribution in [3.63, 3.8) is 0 Å². The lowest BCUT2D eigenvalue weighted by atomic mass is 10.2. The number of amides is 3. The van der Waals surface area contributed by atoms with Crippen LogP contribution in [-0.2, 0) is 14.3 Å². The molecule has 8 heteroatoms. The van der Waals surface area contributed by atoms with Crippen LogP contribution in [0.5, 0.6) is 0 Å². The van der Waals surface area contributed by atoms with Crippen LogP contribution < -0.4 is 5.32 Å². The summed E-state index contributed by atoms with van der Waals surface area (Å²) in [5.41, 5.74) is 0. The van der Waals surface area contributed by atoms with E-state index in [9.17, 15) is 14.4 Å². The van der Waals surface area contributed by atoms with E-state index in [0.717, 1.165) is 4.90 Å². The molecule has 1 atom stereocenters. The van der Waals surface area contributed by atoms with Crippen LogP contribution in [-0.4, -0.2) is 78.2 Å². The lowest BCUT2D eigenvalue weighted by Gasteiger charge is -2.37. The Balaban J connectivity index is 2.85. The Morgan fingerprint density at radius 3 is 2.81 bits per heavy atom. The number of urea groups is 1. The number of carboxylic acids is 1. The molecule has 3 amide bonds. The van der Waals surface area contributed by atoms with E-state index in [2.05, 4.69) is 11.9 Å². The number of nitrogens with zero attached hydrogens (tertiary/aromatic N) is 2. The molecule has 0 saturated carbocycles. The average molecular weight is 299 g/mol. The summed E-state index contributed by atoms with van der Waals surface area (Å²) < 4.78 is 5.24. The number of ether oxygens (including phenoxy) is 1. The van der Waals surface area contributed by atoms with Gasteiger partial charge in [0, 0.05) is 19.6 Å². The van der Waals surface area contributed by atoms with E-state index in [-0.39, 0.29) is 25.6 Å². The fourth-order valence-electron chi connectivity index (χ4n) is 2.05. The zero-order chi connectivity index (χ0) is 15.8. The molecule has 0 aliphatic carbocycles. The predicted molar refractivity (Wildman–Crippen MR) is 74.8 cm³/mol. The van der Waals surface area contributed by atoms with Crippen LogP contribution in [0.2, 0.25) is 0 Å². The van der Waals surface area contributed by atoms with Gasteiger partial charge in [0.1, 0.15) is 12.6 Å². The van der Waals surface area contributed by atoms with Crippen LogP contribution in [0, 0.1) is 0 Å². The molecule has 0 aromatic heterocycles. The number of likely N-dealkylation sites (N-methyl/N-ethyl adjacent to an activating group) is 1. The summed E-state index contributed by atoms with van der Waals surface area (Å²) in [4.78, 5) is 37.7. The fourth-order valence-corrected chi connectivity index (χ4v) is 2.05. The molecular weight excluding hydrogens is 278 g/mol. The van der Waals surface area contributed by atoms with Crippen LogP contribution in [0.25, 0.3) is 0 Å². The third-order valence-electron chi connectivity index (χ3n) is 2.97. The number of rotatable bonds is 6. The largest absolute Gasteiger partial charge is 0.480 e. The Kier molecular flexibility index (Phi) is 6.67. The molecule has 1 aliphatic rings. The second-order valence-electron chi connectivity index (χ2n) is 4.52. The van der Waals surface area contributed by atoms with Crippen molar-refractivity contribution in [2.45, 2.75) is 13.0 Å². The maximum Gasteiger partial charge on any atom is 0.323 e. The molecule has 1 rings (SSSR count). The van der Waals surface area contributed by atoms with E-state index < -0.39 is 24.6 Å². The zero-order valence-electron chi connectivity index (χ0n) is 12.1. The van der Waals surface area contributed by atoms with Crippen molar-refractivity contribution >= 4 is 17.9 Å². The molecule has 0 aromatic carbocycles. The first-order chi connectivity index (χ1) is 10.0. The van der Waals surface area contributed by atoms with E-state index in [1.807, 2.05) is 0 Å². The highest BCUT2D eigenvalue weighted by Gasteiger charge is 2.35. The maximum atomic E-state index is 12.4. The molecule has 1 saturated heterocycles.